The molecule has 2 N–H and O–H groups in total. The number of aromatic nitrogens is 2. The first kappa shape index (κ1) is 16.2. The van der Waals surface area contributed by atoms with Crippen LogP contribution in [-0.4, -0.2) is 37.7 Å². The maximum atomic E-state index is 11.6. The van der Waals surface area contributed by atoms with Gasteiger partial charge in [0.25, 0.3) is 0 Å². The van der Waals surface area contributed by atoms with Gasteiger partial charge in [0, 0.05) is 6.07 Å². The number of carbonyl (C=O) groups is 1. The lowest BCUT2D eigenvalue weighted by Gasteiger charge is -2.11. The number of anilines is 1. The molecule has 1 aromatic rings. The van der Waals surface area contributed by atoms with Crippen molar-refractivity contribution >= 4 is 33.9 Å². The number of rotatable bonds is 5. The molecule has 1 rings (SSSR count). The predicted molar refractivity (Wildman–Crippen MR) is 70.9 cm³/mol. The van der Waals surface area contributed by atoms with Crippen molar-refractivity contribution in [2.75, 3.05) is 11.8 Å². The Labute approximate surface area is 120 Å². The van der Waals surface area contributed by atoms with Gasteiger partial charge >= 0.3 is 16.3 Å². The Hall–Kier alpha value is -1.81. The zero-order valence-corrected chi connectivity index (χ0v) is 12.4. The molecule has 0 aromatic carbocycles. The molecule has 0 spiro atoms. The van der Waals surface area contributed by atoms with Crippen molar-refractivity contribution in [2.24, 2.45) is 0 Å². The number of methoxy groups -OCH3 is 1. The summed E-state index contributed by atoms with van der Waals surface area (Å²) in [5.41, 5.74) is 0. The van der Waals surface area contributed by atoms with Crippen LogP contribution in [0.2, 0.25) is 5.15 Å². The van der Waals surface area contributed by atoms with E-state index < -0.39 is 22.4 Å². The van der Waals surface area contributed by atoms with Crippen molar-refractivity contribution in [3.63, 3.8) is 0 Å². The van der Waals surface area contributed by atoms with Gasteiger partial charge in [-0.3, -0.25) is 0 Å². The van der Waals surface area contributed by atoms with E-state index in [1.807, 2.05) is 4.72 Å². The van der Waals surface area contributed by atoms with Crippen molar-refractivity contribution in [3.8, 4) is 5.88 Å². The first-order chi connectivity index (χ1) is 9.21. The van der Waals surface area contributed by atoms with E-state index in [0.717, 1.165) is 0 Å². The topological polar surface area (TPSA) is 120 Å². The molecule has 1 aromatic heterocycles. The van der Waals surface area contributed by atoms with E-state index in [4.69, 9.17) is 16.3 Å². The fraction of sp³-hybridized carbons (Fsp3) is 0.444. The summed E-state index contributed by atoms with van der Waals surface area (Å²) in [6, 6.07) is 1.29. The lowest BCUT2D eigenvalue weighted by atomic mass is 10.5. The van der Waals surface area contributed by atoms with Crippen LogP contribution in [0, 0.1) is 0 Å². The van der Waals surface area contributed by atoms with Crippen molar-refractivity contribution in [3.05, 3.63) is 11.2 Å². The molecule has 0 bridgehead atoms. The largest absolute Gasteiger partial charge is 0.481 e. The smallest absolute Gasteiger partial charge is 0.422 e. The summed E-state index contributed by atoms with van der Waals surface area (Å²) in [7, 11) is -2.91. The van der Waals surface area contributed by atoms with Crippen molar-refractivity contribution < 1.29 is 22.7 Å². The highest BCUT2D eigenvalue weighted by atomic mass is 35.5. The SMILES string of the molecule is COc1cc(Cl)nc(NS(=O)(=O)NC(=O)OC(C)C)n1. The third-order valence-corrected chi connectivity index (χ3v) is 2.75. The van der Waals surface area contributed by atoms with Gasteiger partial charge in [0.15, 0.2) is 0 Å². The predicted octanol–water partition coefficient (Wildman–Crippen LogP) is 0.930. The second-order valence-electron chi connectivity index (χ2n) is 3.72. The summed E-state index contributed by atoms with van der Waals surface area (Å²) in [4.78, 5) is 18.5. The van der Waals surface area contributed by atoms with Crippen LogP contribution in [0.25, 0.3) is 0 Å². The fourth-order valence-electron chi connectivity index (χ4n) is 1.04. The maximum absolute atomic E-state index is 11.6. The third kappa shape index (κ3) is 5.45. The Bertz CT molecular complexity index is 592. The van der Waals surface area contributed by atoms with Crippen LogP contribution in [0.3, 0.4) is 0 Å². The summed E-state index contributed by atoms with van der Waals surface area (Å²) in [6.45, 7) is 3.15. The molecule has 0 atom stereocenters. The van der Waals surface area contributed by atoms with Gasteiger partial charge in [0.1, 0.15) is 5.15 Å². The number of carbonyl (C=O) groups excluding carboxylic acids is 1. The minimum Gasteiger partial charge on any atom is -0.481 e. The highest BCUT2D eigenvalue weighted by molar-refractivity contribution is 7.91. The van der Waals surface area contributed by atoms with Crippen molar-refractivity contribution in [1.82, 2.24) is 14.7 Å². The van der Waals surface area contributed by atoms with Crippen LogP contribution < -0.4 is 14.2 Å². The molecule has 1 heterocycles. The molecule has 0 unspecified atom stereocenters. The molecule has 20 heavy (non-hydrogen) atoms. The van der Waals surface area contributed by atoms with E-state index >= 15 is 0 Å². The van der Waals surface area contributed by atoms with Gasteiger partial charge in [0.05, 0.1) is 13.2 Å². The van der Waals surface area contributed by atoms with E-state index in [9.17, 15) is 13.2 Å². The molecule has 11 heteroatoms. The average Bonchev–Trinajstić information content (AvgIpc) is 2.24. The zero-order chi connectivity index (χ0) is 15.3. The van der Waals surface area contributed by atoms with Gasteiger partial charge in [-0.25, -0.2) is 19.2 Å². The molecule has 0 radical (unpaired) electrons. The standard InChI is InChI=1S/C9H13ClN4O5S/c1-5(2)19-9(15)14-20(16,17)13-8-11-6(10)4-7(12-8)18-3/h4-5H,1-3H3,(H,14,15)(H,11,12,13). The molecule has 112 valence electrons. The number of amides is 1. The van der Waals surface area contributed by atoms with E-state index in [-0.39, 0.29) is 17.0 Å². The summed E-state index contributed by atoms with van der Waals surface area (Å²) in [5, 5.41) is -0.0284. The highest BCUT2D eigenvalue weighted by Gasteiger charge is 2.18. The molecule has 0 aliphatic rings. The Kier molecular flexibility index (Phi) is 5.34. The highest BCUT2D eigenvalue weighted by Crippen LogP contribution is 2.16. The Morgan fingerprint density at radius 1 is 1.40 bits per heavy atom. The molecule has 1 amide bonds. The Morgan fingerprint density at radius 2 is 2.05 bits per heavy atom. The number of halogens is 1. The Morgan fingerprint density at radius 3 is 2.60 bits per heavy atom. The maximum Gasteiger partial charge on any atom is 0.422 e. The number of ether oxygens (including phenoxy) is 2. The molecule has 0 saturated carbocycles. The van der Waals surface area contributed by atoms with E-state index in [1.165, 1.54) is 13.2 Å². The van der Waals surface area contributed by atoms with Gasteiger partial charge in [-0.2, -0.15) is 13.4 Å². The molecule has 0 fully saturated rings. The second kappa shape index (κ2) is 6.57. The van der Waals surface area contributed by atoms with Crippen LogP contribution >= 0.6 is 11.6 Å². The lowest BCUT2D eigenvalue weighted by Crippen LogP contribution is -2.37. The van der Waals surface area contributed by atoms with Gasteiger partial charge in [0.2, 0.25) is 11.8 Å². The minimum absolute atomic E-state index is 0.0284. The van der Waals surface area contributed by atoms with Gasteiger partial charge in [-0.1, -0.05) is 11.6 Å². The molecule has 0 aliphatic heterocycles. The monoisotopic (exact) mass is 324 g/mol. The van der Waals surface area contributed by atoms with Gasteiger partial charge in [-0.05, 0) is 13.8 Å². The number of nitrogens with zero attached hydrogens (tertiary/aromatic N) is 2. The van der Waals surface area contributed by atoms with E-state index in [0.29, 0.717) is 0 Å². The van der Waals surface area contributed by atoms with Crippen LogP contribution in [-0.2, 0) is 14.9 Å². The molecular weight excluding hydrogens is 312 g/mol. The summed E-state index contributed by atoms with van der Waals surface area (Å²) < 4.78 is 36.2. The number of nitrogens with one attached hydrogen (secondary N) is 2. The normalized spacial score (nSPS) is 11.1. The van der Waals surface area contributed by atoms with Gasteiger partial charge in [-0.15, -0.1) is 0 Å². The van der Waals surface area contributed by atoms with Crippen LogP contribution in [0.5, 0.6) is 5.88 Å². The van der Waals surface area contributed by atoms with Gasteiger partial charge < -0.3 is 9.47 Å². The first-order valence-electron chi connectivity index (χ1n) is 5.31. The second-order valence-corrected chi connectivity index (χ2v) is 5.52. The molecule has 9 nitrogen and oxygen atoms in total. The zero-order valence-electron chi connectivity index (χ0n) is 10.9. The molecule has 0 saturated heterocycles. The average molecular weight is 325 g/mol. The summed E-state index contributed by atoms with van der Waals surface area (Å²) in [6.07, 6.45) is -1.59. The number of hydrogen-bond acceptors (Lipinski definition) is 7. The summed E-state index contributed by atoms with van der Waals surface area (Å²) in [5.74, 6) is -0.286. The van der Waals surface area contributed by atoms with E-state index in [2.05, 4.69) is 14.7 Å². The van der Waals surface area contributed by atoms with Crippen LogP contribution in [0.15, 0.2) is 6.07 Å². The van der Waals surface area contributed by atoms with Crippen LogP contribution in [0.4, 0.5) is 10.7 Å². The van der Waals surface area contributed by atoms with Crippen molar-refractivity contribution in [2.45, 2.75) is 20.0 Å². The third-order valence-electron chi connectivity index (χ3n) is 1.67. The number of hydrogen-bond donors (Lipinski definition) is 2. The molecule has 0 aliphatic carbocycles. The first-order valence-corrected chi connectivity index (χ1v) is 7.17. The molecular formula is C9H13ClN4O5S. The summed E-state index contributed by atoms with van der Waals surface area (Å²) >= 11 is 5.65. The lowest BCUT2D eigenvalue weighted by molar-refractivity contribution is 0.121. The minimum atomic E-state index is -4.23. The quantitative estimate of drug-likeness (QED) is 0.773. The van der Waals surface area contributed by atoms with E-state index in [1.54, 1.807) is 18.6 Å². The van der Waals surface area contributed by atoms with Crippen molar-refractivity contribution in [1.29, 1.82) is 0 Å². The Balaban J connectivity index is 2.81. The van der Waals surface area contributed by atoms with Crippen LogP contribution in [0.1, 0.15) is 13.8 Å². The fourth-order valence-corrected chi connectivity index (χ4v) is 1.86.